The number of para-hydroxylation sites is 1. The molecule has 3 rings (SSSR count). The van der Waals surface area contributed by atoms with E-state index in [0.29, 0.717) is 17.8 Å². The molecule has 0 spiro atoms. The van der Waals surface area contributed by atoms with Gasteiger partial charge in [0.1, 0.15) is 11.8 Å². The molecule has 1 fully saturated rings. The van der Waals surface area contributed by atoms with Crippen molar-refractivity contribution in [1.82, 2.24) is 15.5 Å². The Kier molecular flexibility index (Phi) is 4.45. The molecular formula is C15H19N3O2S. The van der Waals surface area contributed by atoms with E-state index in [1.807, 2.05) is 36.0 Å². The molecule has 0 radical (unpaired) electrons. The molecule has 2 heterocycles. The highest BCUT2D eigenvalue weighted by molar-refractivity contribution is 7.99. The summed E-state index contributed by atoms with van der Waals surface area (Å²) in [5, 5.41) is 7.75. The van der Waals surface area contributed by atoms with Gasteiger partial charge in [-0.05, 0) is 18.2 Å². The van der Waals surface area contributed by atoms with Gasteiger partial charge in [-0.1, -0.05) is 23.4 Å². The van der Waals surface area contributed by atoms with Crippen LogP contribution in [0.3, 0.4) is 0 Å². The number of thioether (sulfide) groups is 1. The molecular weight excluding hydrogens is 286 g/mol. The molecule has 21 heavy (non-hydrogen) atoms. The molecule has 1 aromatic heterocycles. The van der Waals surface area contributed by atoms with Crippen LogP contribution in [0.2, 0.25) is 0 Å². The molecule has 0 amide bonds. The number of hydrogen-bond acceptors (Lipinski definition) is 6. The summed E-state index contributed by atoms with van der Waals surface area (Å²) < 4.78 is 10.6. The molecule has 1 N–H and O–H groups in total. The van der Waals surface area contributed by atoms with Gasteiger partial charge in [-0.15, -0.1) is 0 Å². The van der Waals surface area contributed by atoms with Crippen LogP contribution in [0.15, 0.2) is 28.8 Å². The van der Waals surface area contributed by atoms with Gasteiger partial charge in [-0.25, -0.2) is 0 Å². The summed E-state index contributed by atoms with van der Waals surface area (Å²) in [6.07, 6.45) is 1.16. The number of nitrogens with zero attached hydrogens (tertiary/aromatic N) is 2. The zero-order valence-corrected chi connectivity index (χ0v) is 13.0. The van der Waals surface area contributed by atoms with Crippen molar-refractivity contribution >= 4 is 11.8 Å². The van der Waals surface area contributed by atoms with Crippen molar-refractivity contribution in [3.8, 4) is 5.75 Å². The smallest absolute Gasteiger partial charge is 0.223 e. The van der Waals surface area contributed by atoms with Gasteiger partial charge in [0.15, 0.2) is 5.82 Å². The van der Waals surface area contributed by atoms with Gasteiger partial charge in [0.05, 0.1) is 7.11 Å². The number of ether oxygens (including phenoxy) is 1. The molecule has 112 valence electrons. The number of benzene rings is 1. The molecule has 1 saturated heterocycles. The number of nitrogens with one attached hydrogen (secondary N) is 1. The van der Waals surface area contributed by atoms with Crippen LogP contribution in [0.25, 0.3) is 0 Å². The predicted octanol–water partition coefficient (Wildman–Crippen LogP) is 2.57. The third-order valence-corrected chi connectivity index (χ3v) is 4.75. The van der Waals surface area contributed by atoms with Gasteiger partial charge in [0.2, 0.25) is 5.89 Å². The van der Waals surface area contributed by atoms with Crippen molar-refractivity contribution in [2.75, 3.05) is 18.6 Å². The molecule has 0 bridgehead atoms. The first-order valence-electron chi connectivity index (χ1n) is 7.05. The molecule has 1 aliphatic heterocycles. The van der Waals surface area contributed by atoms with Gasteiger partial charge >= 0.3 is 0 Å². The summed E-state index contributed by atoms with van der Waals surface area (Å²) in [7, 11) is 1.68. The highest BCUT2D eigenvalue weighted by atomic mass is 32.2. The normalized spacial score (nSPS) is 19.6. The van der Waals surface area contributed by atoms with Crippen molar-refractivity contribution in [2.24, 2.45) is 0 Å². The minimum atomic E-state index is -0.109. The fourth-order valence-electron chi connectivity index (χ4n) is 2.54. The van der Waals surface area contributed by atoms with E-state index in [0.717, 1.165) is 23.5 Å². The van der Waals surface area contributed by atoms with E-state index in [-0.39, 0.29) is 6.04 Å². The van der Waals surface area contributed by atoms with E-state index < -0.39 is 0 Å². The molecule has 1 aromatic carbocycles. The fourth-order valence-corrected chi connectivity index (χ4v) is 3.71. The SMILES string of the molecule is COc1ccccc1[C@H](N[C@H]1CCSC1)c1noc(C)n1. The van der Waals surface area contributed by atoms with Crippen LogP contribution < -0.4 is 10.1 Å². The third kappa shape index (κ3) is 3.22. The molecule has 0 saturated carbocycles. The number of aromatic nitrogens is 2. The molecule has 1 aliphatic rings. The summed E-state index contributed by atoms with van der Waals surface area (Å²) >= 11 is 1.97. The van der Waals surface area contributed by atoms with E-state index in [1.54, 1.807) is 14.0 Å². The van der Waals surface area contributed by atoms with Crippen LogP contribution in [0.1, 0.15) is 29.7 Å². The van der Waals surface area contributed by atoms with E-state index in [1.165, 1.54) is 5.75 Å². The van der Waals surface area contributed by atoms with Crippen LogP contribution >= 0.6 is 11.8 Å². The minimum absolute atomic E-state index is 0.109. The highest BCUT2D eigenvalue weighted by Crippen LogP contribution is 2.30. The van der Waals surface area contributed by atoms with E-state index in [2.05, 4.69) is 15.5 Å². The average Bonchev–Trinajstić information content (AvgIpc) is 3.16. The minimum Gasteiger partial charge on any atom is -0.496 e. The largest absolute Gasteiger partial charge is 0.496 e. The number of rotatable bonds is 5. The topological polar surface area (TPSA) is 60.2 Å². The van der Waals surface area contributed by atoms with Crippen molar-refractivity contribution in [1.29, 1.82) is 0 Å². The Bertz CT molecular complexity index is 596. The summed E-state index contributed by atoms with van der Waals surface area (Å²) in [5.74, 6) is 4.38. The molecule has 0 unspecified atom stereocenters. The lowest BCUT2D eigenvalue weighted by molar-refractivity contribution is 0.372. The van der Waals surface area contributed by atoms with Gasteiger partial charge in [0.25, 0.3) is 0 Å². The standard InChI is InChI=1S/C15H19N3O2S/c1-10-16-15(18-20-10)14(17-11-7-8-21-9-11)12-5-3-4-6-13(12)19-2/h3-6,11,14,17H,7-9H2,1-2H3/t11-,14-/m0/s1. The van der Waals surface area contributed by atoms with Gasteiger partial charge in [-0.3, -0.25) is 5.32 Å². The molecule has 5 nitrogen and oxygen atoms in total. The number of methoxy groups -OCH3 is 1. The quantitative estimate of drug-likeness (QED) is 0.916. The summed E-state index contributed by atoms with van der Waals surface area (Å²) in [6.45, 7) is 1.81. The Balaban J connectivity index is 1.94. The predicted molar refractivity (Wildman–Crippen MR) is 82.7 cm³/mol. The first-order valence-corrected chi connectivity index (χ1v) is 8.20. The summed E-state index contributed by atoms with van der Waals surface area (Å²) in [5.41, 5.74) is 1.04. The van der Waals surface area contributed by atoms with Crippen molar-refractivity contribution in [3.63, 3.8) is 0 Å². The van der Waals surface area contributed by atoms with E-state index in [4.69, 9.17) is 9.26 Å². The second-order valence-electron chi connectivity index (χ2n) is 5.07. The van der Waals surface area contributed by atoms with Crippen LogP contribution in [0, 0.1) is 6.92 Å². The summed E-state index contributed by atoms with van der Waals surface area (Å²) in [4.78, 5) is 4.40. The first kappa shape index (κ1) is 14.4. The van der Waals surface area contributed by atoms with E-state index >= 15 is 0 Å². The van der Waals surface area contributed by atoms with Gasteiger partial charge in [-0.2, -0.15) is 16.7 Å². The zero-order chi connectivity index (χ0) is 14.7. The number of hydrogen-bond donors (Lipinski definition) is 1. The lowest BCUT2D eigenvalue weighted by Gasteiger charge is -2.22. The molecule has 0 aliphatic carbocycles. The Morgan fingerprint density at radius 2 is 2.29 bits per heavy atom. The maximum Gasteiger partial charge on any atom is 0.223 e. The molecule has 2 aromatic rings. The number of aryl methyl sites for hydroxylation is 1. The van der Waals surface area contributed by atoms with Crippen LogP contribution in [-0.2, 0) is 0 Å². The Labute approximate surface area is 128 Å². The first-order chi connectivity index (χ1) is 10.3. The van der Waals surface area contributed by atoms with Crippen molar-refractivity contribution < 1.29 is 9.26 Å². The second kappa shape index (κ2) is 6.49. The van der Waals surface area contributed by atoms with Gasteiger partial charge in [0, 0.05) is 24.3 Å². The Morgan fingerprint density at radius 1 is 1.43 bits per heavy atom. The van der Waals surface area contributed by atoms with E-state index in [9.17, 15) is 0 Å². The lowest BCUT2D eigenvalue weighted by atomic mass is 10.0. The second-order valence-corrected chi connectivity index (χ2v) is 6.22. The molecule has 6 heteroatoms. The summed E-state index contributed by atoms with van der Waals surface area (Å²) in [6, 6.07) is 8.32. The highest BCUT2D eigenvalue weighted by Gasteiger charge is 2.27. The Hall–Kier alpha value is -1.53. The van der Waals surface area contributed by atoms with Gasteiger partial charge < -0.3 is 9.26 Å². The Morgan fingerprint density at radius 3 is 2.95 bits per heavy atom. The van der Waals surface area contributed by atoms with Crippen LogP contribution in [-0.4, -0.2) is 34.8 Å². The fraction of sp³-hybridized carbons (Fsp3) is 0.467. The third-order valence-electron chi connectivity index (χ3n) is 3.58. The average molecular weight is 305 g/mol. The molecule has 2 atom stereocenters. The zero-order valence-electron chi connectivity index (χ0n) is 12.2. The van der Waals surface area contributed by atoms with Crippen molar-refractivity contribution in [3.05, 3.63) is 41.5 Å². The maximum absolute atomic E-state index is 5.49. The maximum atomic E-state index is 5.49. The van der Waals surface area contributed by atoms with Crippen molar-refractivity contribution in [2.45, 2.75) is 25.4 Å². The van der Waals surface area contributed by atoms with Crippen LogP contribution in [0.4, 0.5) is 0 Å². The lowest BCUT2D eigenvalue weighted by Crippen LogP contribution is -2.34. The van der Waals surface area contributed by atoms with Crippen LogP contribution in [0.5, 0.6) is 5.75 Å². The monoisotopic (exact) mass is 305 g/mol.